The number of halogens is 1. The van der Waals surface area contributed by atoms with Crippen molar-refractivity contribution in [2.45, 2.75) is 18.4 Å². The molecule has 47 heavy (non-hydrogen) atoms. The molecule has 0 amide bonds. The molecule has 3 aliphatic rings. The minimum absolute atomic E-state index is 0.233. The molecule has 0 fully saturated rings. The molecule has 9 rings (SSSR count). The fourth-order valence-corrected chi connectivity index (χ4v) is 13.5. The second-order valence-electron chi connectivity index (χ2n) is 12.2. The van der Waals surface area contributed by atoms with Gasteiger partial charge in [-0.05, 0) is 0 Å². The second-order valence-corrected chi connectivity index (χ2v) is 18.9. The number of benzene rings is 5. The van der Waals surface area contributed by atoms with Crippen molar-refractivity contribution >= 4 is 46.9 Å². The third-order valence-electron chi connectivity index (χ3n) is 9.54. The van der Waals surface area contributed by atoms with Crippen LogP contribution in [0.5, 0.6) is 0 Å². The molecule has 228 valence electrons. The predicted molar refractivity (Wildman–Crippen MR) is 197 cm³/mol. The van der Waals surface area contributed by atoms with E-state index in [1.165, 1.54) is 11.3 Å². The first-order valence-electron chi connectivity index (χ1n) is 15.8. The molecule has 0 radical (unpaired) electrons. The van der Waals surface area contributed by atoms with Crippen molar-refractivity contribution in [3.05, 3.63) is 180 Å². The van der Waals surface area contributed by atoms with Gasteiger partial charge in [0.15, 0.2) is 0 Å². The molecule has 0 N–H and O–H groups in total. The normalized spacial score (nSPS) is 19.2. The van der Waals surface area contributed by atoms with Gasteiger partial charge in [0, 0.05) is 0 Å². The molecule has 1 aliphatic carbocycles. The standard InChI is InChI=1S/C41H31IN4O/c1-41-25-12-11-21-35(41)34-20-13-22-37-39(34)46(41)36-24-23-29(26-38(36)45(37)33-18-9-4-10-19-33)40-43-27-32(28-44-40)42(47,30-14-5-2-6-15-30)31-16-7-3-8-17-31/h2-28,35H,1H3. The van der Waals surface area contributed by atoms with Crippen molar-refractivity contribution in [2.75, 3.05) is 9.80 Å². The summed E-state index contributed by atoms with van der Waals surface area (Å²) in [4.78, 5) is 14.6. The van der Waals surface area contributed by atoms with E-state index >= 15 is 0 Å². The summed E-state index contributed by atoms with van der Waals surface area (Å²) in [6, 6.07) is 43.2. The van der Waals surface area contributed by atoms with Gasteiger partial charge in [0.1, 0.15) is 0 Å². The van der Waals surface area contributed by atoms with Gasteiger partial charge in [0.2, 0.25) is 0 Å². The first-order chi connectivity index (χ1) is 23.1. The van der Waals surface area contributed by atoms with Crippen molar-refractivity contribution < 1.29 is 3.07 Å². The van der Waals surface area contributed by atoms with Gasteiger partial charge in [0.05, 0.1) is 0 Å². The van der Waals surface area contributed by atoms with Crippen LogP contribution in [-0.2, 0) is 3.07 Å². The van der Waals surface area contributed by atoms with E-state index in [0.29, 0.717) is 9.39 Å². The monoisotopic (exact) mass is 722 g/mol. The molecule has 0 bridgehead atoms. The van der Waals surface area contributed by atoms with E-state index in [9.17, 15) is 3.07 Å². The number of fused-ring (bicyclic) bond motifs is 5. The van der Waals surface area contributed by atoms with Gasteiger partial charge >= 0.3 is 274 Å². The molecule has 6 aromatic rings. The Balaban J connectivity index is 1.19. The molecule has 2 unspecified atom stereocenters. The van der Waals surface area contributed by atoms with Crippen LogP contribution < -0.4 is 9.80 Å². The van der Waals surface area contributed by atoms with Gasteiger partial charge in [-0.1, -0.05) is 6.08 Å². The Hall–Kier alpha value is -5.21. The van der Waals surface area contributed by atoms with Crippen LogP contribution >= 0.6 is 18.4 Å². The van der Waals surface area contributed by atoms with Crippen molar-refractivity contribution in [1.82, 2.24) is 9.97 Å². The van der Waals surface area contributed by atoms with Crippen LogP contribution in [-0.4, -0.2) is 15.5 Å². The number of aromatic nitrogens is 2. The minimum atomic E-state index is -4.12. The second kappa shape index (κ2) is 10.7. The van der Waals surface area contributed by atoms with E-state index in [4.69, 9.17) is 9.97 Å². The molecule has 3 heterocycles. The molecule has 0 spiro atoms. The molecule has 5 nitrogen and oxygen atoms in total. The fourth-order valence-electron chi connectivity index (χ4n) is 7.38. The Labute approximate surface area is 278 Å². The van der Waals surface area contributed by atoms with E-state index in [-0.39, 0.29) is 11.5 Å². The summed E-state index contributed by atoms with van der Waals surface area (Å²) in [6.07, 6.45) is 12.5. The van der Waals surface area contributed by atoms with Crippen molar-refractivity contribution in [3.8, 4) is 11.4 Å². The van der Waals surface area contributed by atoms with Crippen LogP contribution in [0.15, 0.2) is 164 Å². The van der Waals surface area contributed by atoms with Gasteiger partial charge in [-0.2, -0.15) is 0 Å². The van der Waals surface area contributed by atoms with Crippen LogP contribution in [0.3, 0.4) is 0 Å². The summed E-state index contributed by atoms with van der Waals surface area (Å²) in [5.41, 5.74) is 7.71. The number of hydrogen-bond donors (Lipinski definition) is 0. The Morgan fingerprint density at radius 1 is 0.660 bits per heavy atom. The zero-order valence-corrected chi connectivity index (χ0v) is 27.9. The van der Waals surface area contributed by atoms with Gasteiger partial charge in [-0.3, -0.25) is 0 Å². The predicted octanol–water partition coefficient (Wildman–Crippen LogP) is 10.3. The zero-order valence-electron chi connectivity index (χ0n) is 25.7. The van der Waals surface area contributed by atoms with E-state index in [1.807, 2.05) is 60.7 Å². The fraction of sp³-hybridized carbons (Fsp3) is 0.0732. The summed E-state index contributed by atoms with van der Waals surface area (Å²) in [6.45, 7) is 2.33. The summed E-state index contributed by atoms with van der Waals surface area (Å²) < 4.78 is 17.3. The topological polar surface area (TPSA) is 49.3 Å². The maximum atomic E-state index is 15.0. The van der Waals surface area contributed by atoms with Crippen LogP contribution in [0.25, 0.3) is 11.4 Å². The molecule has 2 atom stereocenters. The third kappa shape index (κ3) is 4.14. The summed E-state index contributed by atoms with van der Waals surface area (Å²) in [5, 5.41) is 0. The Morgan fingerprint density at radius 2 is 1.32 bits per heavy atom. The van der Waals surface area contributed by atoms with Crippen molar-refractivity contribution in [3.63, 3.8) is 0 Å². The molecular weight excluding hydrogens is 691 g/mol. The van der Waals surface area contributed by atoms with Crippen LogP contribution in [0.1, 0.15) is 18.4 Å². The number of anilines is 5. The molecule has 5 aromatic carbocycles. The molecule has 2 aliphatic heterocycles. The number of rotatable bonds is 5. The van der Waals surface area contributed by atoms with Gasteiger partial charge < -0.3 is 0 Å². The number of allylic oxidation sites excluding steroid dienone is 2. The van der Waals surface area contributed by atoms with E-state index < -0.39 is 18.4 Å². The molecule has 0 saturated heterocycles. The Bertz CT molecular complexity index is 2210. The van der Waals surface area contributed by atoms with Crippen LogP contribution in [0.2, 0.25) is 0 Å². The molecular formula is C41H31IN4O. The van der Waals surface area contributed by atoms with Gasteiger partial charge in [0.25, 0.3) is 0 Å². The number of para-hydroxylation sites is 2. The maximum absolute atomic E-state index is 15.0. The molecule has 0 saturated carbocycles. The molecule has 1 aromatic heterocycles. The first kappa shape index (κ1) is 28.0. The first-order valence-corrected chi connectivity index (χ1v) is 19.9. The quantitative estimate of drug-likeness (QED) is 0.166. The zero-order chi connectivity index (χ0) is 31.6. The average Bonchev–Trinajstić information content (AvgIpc) is 3.41. The van der Waals surface area contributed by atoms with Crippen molar-refractivity contribution in [1.29, 1.82) is 0 Å². The number of hydrogen-bond acceptors (Lipinski definition) is 5. The van der Waals surface area contributed by atoms with E-state index in [2.05, 4.69) is 108 Å². The Morgan fingerprint density at radius 3 is 2.00 bits per heavy atom. The summed E-state index contributed by atoms with van der Waals surface area (Å²) in [5.74, 6) is 0.841. The van der Waals surface area contributed by atoms with Gasteiger partial charge in [-0.15, -0.1) is 0 Å². The average molecular weight is 723 g/mol. The SMILES string of the molecule is CC12C=CC=CC1c1cccc3c1N2c1ccc(-c2ncc(I(=O)(c4ccccc4)c4ccccc4)cn2)cc1N3c1ccccc1. The third-order valence-corrected chi connectivity index (χ3v) is 16.8. The molecule has 6 heteroatoms. The van der Waals surface area contributed by atoms with Gasteiger partial charge in [-0.25, -0.2) is 0 Å². The Kier molecular flexibility index (Phi) is 6.37. The number of nitrogens with zero attached hydrogens (tertiary/aromatic N) is 4. The summed E-state index contributed by atoms with van der Waals surface area (Å²) >= 11 is -4.12. The van der Waals surface area contributed by atoms with E-state index in [0.717, 1.165) is 35.5 Å². The van der Waals surface area contributed by atoms with Crippen molar-refractivity contribution in [2.24, 2.45) is 0 Å². The van der Waals surface area contributed by atoms with E-state index in [1.54, 1.807) is 12.4 Å². The van der Waals surface area contributed by atoms with Crippen LogP contribution in [0, 0.1) is 10.7 Å². The van der Waals surface area contributed by atoms with Crippen LogP contribution in [0.4, 0.5) is 28.4 Å². The summed E-state index contributed by atoms with van der Waals surface area (Å²) in [7, 11) is 0.